The Morgan fingerprint density at radius 3 is 1.61 bits per heavy atom. The molecule has 0 bridgehead atoms. The third-order valence-electron chi connectivity index (χ3n) is 6.95. The number of esters is 1. The standard InChI is InChI=1S/C20H26F12O4/c1-5-14(2,17(21,22)23)13(33)36-16(19(27,28)29,20(30,31)32)12-8-6-7-11(9-12)15(3,18(24,25)26)35-10-34-4/h11-12H,5-10H2,1-4H3. The molecule has 4 atom stereocenters. The Balaban J connectivity index is 3.69. The highest BCUT2D eigenvalue weighted by Crippen LogP contribution is 2.58. The molecule has 1 rings (SSSR count). The topological polar surface area (TPSA) is 44.8 Å². The van der Waals surface area contributed by atoms with Gasteiger partial charge in [0.25, 0.3) is 0 Å². The molecular formula is C20H26F12O4. The van der Waals surface area contributed by atoms with Crippen LogP contribution < -0.4 is 0 Å². The van der Waals surface area contributed by atoms with Crippen molar-refractivity contribution in [2.24, 2.45) is 17.3 Å². The second-order valence-corrected chi connectivity index (χ2v) is 9.02. The Labute approximate surface area is 198 Å². The summed E-state index contributed by atoms with van der Waals surface area (Å²) in [5.74, 6) is -7.74. The fourth-order valence-electron chi connectivity index (χ4n) is 4.21. The van der Waals surface area contributed by atoms with Crippen LogP contribution >= 0.6 is 0 Å². The molecular weight excluding hydrogens is 532 g/mol. The summed E-state index contributed by atoms with van der Waals surface area (Å²) in [6.07, 6.45) is -28.8. The van der Waals surface area contributed by atoms with E-state index >= 15 is 0 Å². The summed E-state index contributed by atoms with van der Waals surface area (Å²) in [6, 6.07) is 0. The van der Waals surface area contributed by atoms with Crippen molar-refractivity contribution >= 4 is 5.97 Å². The zero-order valence-corrected chi connectivity index (χ0v) is 19.6. The van der Waals surface area contributed by atoms with Gasteiger partial charge >= 0.3 is 36.3 Å². The number of halogens is 12. The number of hydrogen-bond acceptors (Lipinski definition) is 4. The molecule has 0 heterocycles. The molecule has 0 aromatic carbocycles. The number of carbonyl (C=O) groups excluding carboxylic acids is 1. The fraction of sp³-hybridized carbons (Fsp3) is 0.950. The summed E-state index contributed by atoms with van der Waals surface area (Å²) < 4.78 is 179. The van der Waals surface area contributed by atoms with Gasteiger partial charge < -0.3 is 14.2 Å². The Morgan fingerprint density at radius 2 is 1.25 bits per heavy atom. The van der Waals surface area contributed by atoms with E-state index in [4.69, 9.17) is 0 Å². The highest BCUT2D eigenvalue weighted by Gasteiger charge is 2.79. The Bertz CT molecular complexity index is 744. The molecule has 214 valence electrons. The molecule has 16 heteroatoms. The molecule has 0 N–H and O–H groups in total. The Kier molecular flexibility index (Phi) is 9.38. The van der Waals surface area contributed by atoms with Crippen LogP contribution in [0.15, 0.2) is 0 Å². The summed E-state index contributed by atoms with van der Waals surface area (Å²) in [7, 11) is 0.934. The second-order valence-electron chi connectivity index (χ2n) is 9.02. The zero-order chi connectivity index (χ0) is 28.6. The van der Waals surface area contributed by atoms with Crippen molar-refractivity contribution in [3.05, 3.63) is 0 Å². The molecule has 1 aliphatic carbocycles. The first-order valence-electron chi connectivity index (χ1n) is 10.6. The molecule has 4 nitrogen and oxygen atoms in total. The van der Waals surface area contributed by atoms with Crippen LogP contribution in [0.25, 0.3) is 0 Å². The Hall–Kier alpha value is -1.45. The van der Waals surface area contributed by atoms with Gasteiger partial charge in [-0.25, -0.2) is 0 Å². The van der Waals surface area contributed by atoms with E-state index < -0.39 is 98.0 Å². The quantitative estimate of drug-likeness (QED) is 0.181. The average Bonchev–Trinajstić information content (AvgIpc) is 2.71. The van der Waals surface area contributed by atoms with Gasteiger partial charge in [-0.05, 0) is 45.4 Å². The predicted molar refractivity (Wildman–Crippen MR) is 98.3 cm³/mol. The molecule has 36 heavy (non-hydrogen) atoms. The van der Waals surface area contributed by atoms with Crippen molar-refractivity contribution in [2.75, 3.05) is 13.9 Å². The van der Waals surface area contributed by atoms with Crippen LogP contribution in [0.1, 0.15) is 52.9 Å². The van der Waals surface area contributed by atoms with E-state index in [2.05, 4.69) is 14.2 Å². The van der Waals surface area contributed by atoms with E-state index in [1.54, 1.807) is 0 Å². The SMILES string of the molecule is CCC(C)(C(=O)OC(C1CCCC(C(C)(OCOC)C(F)(F)F)C1)(C(F)(F)F)C(F)(F)F)C(F)(F)F. The molecule has 0 aliphatic heterocycles. The molecule has 0 spiro atoms. The van der Waals surface area contributed by atoms with E-state index in [9.17, 15) is 57.5 Å². The number of alkyl halides is 12. The maximum absolute atomic E-state index is 14.1. The lowest BCUT2D eigenvalue weighted by molar-refractivity contribution is -0.395. The normalized spacial score (nSPS) is 24.1. The summed E-state index contributed by atoms with van der Waals surface area (Å²) >= 11 is 0. The van der Waals surface area contributed by atoms with Gasteiger partial charge in [-0.3, -0.25) is 4.79 Å². The molecule has 0 amide bonds. The van der Waals surface area contributed by atoms with Gasteiger partial charge in [-0.2, -0.15) is 52.7 Å². The molecule has 0 saturated heterocycles. The molecule has 4 unspecified atom stereocenters. The highest BCUT2D eigenvalue weighted by molar-refractivity contribution is 5.78. The number of ether oxygens (including phenoxy) is 3. The van der Waals surface area contributed by atoms with E-state index in [-0.39, 0.29) is 6.92 Å². The molecule has 1 aliphatic rings. The molecule has 1 fully saturated rings. The van der Waals surface area contributed by atoms with Crippen LogP contribution in [0.3, 0.4) is 0 Å². The minimum Gasteiger partial charge on any atom is -0.438 e. The van der Waals surface area contributed by atoms with E-state index in [1.807, 2.05) is 0 Å². The third-order valence-corrected chi connectivity index (χ3v) is 6.95. The summed E-state index contributed by atoms with van der Waals surface area (Å²) in [4.78, 5) is 12.3. The first-order valence-corrected chi connectivity index (χ1v) is 10.6. The fourth-order valence-corrected chi connectivity index (χ4v) is 4.21. The third kappa shape index (κ3) is 5.68. The minimum absolute atomic E-state index is 0.0792. The molecule has 0 aromatic heterocycles. The van der Waals surface area contributed by atoms with Gasteiger partial charge in [0, 0.05) is 13.0 Å². The number of methoxy groups -OCH3 is 1. The van der Waals surface area contributed by atoms with Crippen LogP contribution in [0, 0.1) is 17.3 Å². The van der Waals surface area contributed by atoms with Gasteiger partial charge in [0.2, 0.25) is 0 Å². The lowest BCUT2D eigenvalue weighted by Gasteiger charge is -2.49. The monoisotopic (exact) mass is 558 g/mol. The first-order chi connectivity index (χ1) is 16.0. The van der Waals surface area contributed by atoms with Crippen molar-refractivity contribution in [3.8, 4) is 0 Å². The van der Waals surface area contributed by atoms with Gasteiger partial charge in [-0.15, -0.1) is 0 Å². The maximum atomic E-state index is 14.1. The van der Waals surface area contributed by atoms with Crippen molar-refractivity contribution in [2.45, 2.75) is 88.8 Å². The summed E-state index contributed by atoms with van der Waals surface area (Å²) in [5.41, 5.74) is -12.5. The van der Waals surface area contributed by atoms with Crippen LogP contribution in [-0.4, -0.2) is 55.8 Å². The van der Waals surface area contributed by atoms with E-state index in [1.165, 1.54) is 0 Å². The number of carbonyl (C=O) groups is 1. The Morgan fingerprint density at radius 1 is 0.778 bits per heavy atom. The van der Waals surface area contributed by atoms with Crippen LogP contribution in [0.5, 0.6) is 0 Å². The lowest BCUT2D eigenvalue weighted by Crippen LogP contribution is -2.67. The summed E-state index contributed by atoms with van der Waals surface area (Å²) in [5, 5.41) is 0. The van der Waals surface area contributed by atoms with Crippen LogP contribution in [0.2, 0.25) is 0 Å². The van der Waals surface area contributed by atoms with Gasteiger partial charge in [0.1, 0.15) is 6.79 Å². The molecule has 1 saturated carbocycles. The number of hydrogen-bond donors (Lipinski definition) is 0. The average molecular weight is 558 g/mol. The van der Waals surface area contributed by atoms with Crippen molar-refractivity contribution in [3.63, 3.8) is 0 Å². The first kappa shape index (κ1) is 32.6. The second kappa shape index (κ2) is 10.4. The van der Waals surface area contributed by atoms with Crippen molar-refractivity contribution < 1.29 is 71.7 Å². The van der Waals surface area contributed by atoms with Crippen LogP contribution in [-0.2, 0) is 19.0 Å². The van der Waals surface area contributed by atoms with Gasteiger partial charge in [-0.1, -0.05) is 13.3 Å². The minimum atomic E-state index is -6.52. The lowest BCUT2D eigenvalue weighted by atomic mass is 9.67. The van der Waals surface area contributed by atoms with Gasteiger partial charge in [0.05, 0.1) is 0 Å². The largest absolute Gasteiger partial charge is 0.438 e. The highest BCUT2D eigenvalue weighted by atomic mass is 19.4. The maximum Gasteiger partial charge on any atom is 0.437 e. The number of rotatable bonds is 8. The molecule has 0 aromatic rings. The smallest absolute Gasteiger partial charge is 0.437 e. The summed E-state index contributed by atoms with van der Waals surface area (Å²) in [6.45, 7) is 0.202. The van der Waals surface area contributed by atoms with E-state index in [0.717, 1.165) is 7.11 Å². The van der Waals surface area contributed by atoms with Crippen molar-refractivity contribution in [1.29, 1.82) is 0 Å². The van der Waals surface area contributed by atoms with E-state index in [0.29, 0.717) is 13.8 Å². The zero-order valence-electron chi connectivity index (χ0n) is 19.6. The van der Waals surface area contributed by atoms with Crippen LogP contribution in [0.4, 0.5) is 52.7 Å². The predicted octanol–water partition coefficient (Wildman–Crippen LogP) is 7.12. The molecule has 0 radical (unpaired) electrons. The van der Waals surface area contributed by atoms with Crippen molar-refractivity contribution in [1.82, 2.24) is 0 Å². The van der Waals surface area contributed by atoms with Gasteiger partial charge in [0.15, 0.2) is 11.0 Å².